The molecule has 3 nitrogen and oxygen atoms in total. The molecule has 0 aromatic carbocycles. The van der Waals surface area contributed by atoms with Gasteiger partial charge in [0.2, 0.25) is 5.91 Å². The lowest BCUT2D eigenvalue weighted by Gasteiger charge is -2.29. The second-order valence-corrected chi connectivity index (χ2v) is 3.31. The van der Waals surface area contributed by atoms with E-state index in [0.717, 1.165) is 19.5 Å². The van der Waals surface area contributed by atoms with Crippen LogP contribution in [-0.4, -0.2) is 37.0 Å². The number of likely N-dealkylation sites (tertiary alicyclic amines) is 1. The Morgan fingerprint density at radius 1 is 1.75 bits per heavy atom. The zero-order valence-electron chi connectivity index (χ0n) is 7.55. The van der Waals surface area contributed by atoms with Gasteiger partial charge in [0.1, 0.15) is 0 Å². The zero-order chi connectivity index (χ0) is 8.97. The molecule has 0 aromatic rings. The first-order valence-corrected chi connectivity index (χ1v) is 4.34. The number of hydrogen-bond donors (Lipinski definition) is 1. The number of carbonyl (C=O) groups excluding carboxylic acids is 1. The second-order valence-electron chi connectivity index (χ2n) is 3.31. The topological polar surface area (TPSA) is 32.3 Å². The molecule has 0 aliphatic carbocycles. The lowest BCUT2D eigenvalue weighted by atomic mass is 10.1. The Morgan fingerprint density at radius 3 is 3.08 bits per heavy atom. The normalized spacial score (nSPS) is 24.9. The lowest BCUT2D eigenvalue weighted by Crippen LogP contribution is -2.45. The van der Waals surface area contributed by atoms with Crippen molar-refractivity contribution in [3.8, 4) is 0 Å². The Balaban J connectivity index is 2.31. The summed E-state index contributed by atoms with van der Waals surface area (Å²) in [5.74, 6) is -0.0599. The number of hydrogen-bond acceptors (Lipinski definition) is 2. The van der Waals surface area contributed by atoms with E-state index >= 15 is 0 Å². The van der Waals surface area contributed by atoms with Crippen LogP contribution in [0.4, 0.5) is 0 Å². The quantitative estimate of drug-likeness (QED) is 0.605. The highest BCUT2D eigenvalue weighted by molar-refractivity contribution is 5.87. The van der Waals surface area contributed by atoms with Crippen LogP contribution in [0.1, 0.15) is 12.8 Å². The first-order chi connectivity index (χ1) is 5.72. The van der Waals surface area contributed by atoms with E-state index in [4.69, 9.17) is 0 Å². The van der Waals surface area contributed by atoms with Crippen LogP contribution in [0.3, 0.4) is 0 Å². The second kappa shape index (κ2) is 4.26. The maximum Gasteiger partial charge on any atom is 0.243 e. The minimum absolute atomic E-state index is 0.0599. The Bertz CT molecular complexity index is 179. The molecular formula is C9H16N2O. The number of nitrogens with zero attached hydrogens (tertiary/aromatic N) is 1. The highest BCUT2D eigenvalue weighted by Crippen LogP contribution is 2.07. The molecule has 0 unspecified atom stereocenters. The predicted octanol–water partition coefficient (Wildman–Crippen LogP) is 0.383. The Kier molecular flexibility index (Phi) is 3.29. The Hall–Kier alpha value is -0.830. The van der Waals surface area contributed by atoms with Gasteiger partial charge in [-0.25, -0.2) is 0 Å². The number of rotatable bonds is 2. The van der Waals surface area contributed by atoms with E-state index in [1.807, 2.05) is 0 Å². The molecule has 1 amide bonds. The first kappa shape index (κ1) is 9.26. The summed E-state index contributed by atoms with van der Waals surface area (Å²) < 4.78 is 0. The van der Waals surface area contributed by atoms with E-state index in [2.05, 4.69) is 23.8 Å². The average Bonchev–Trinajstić information content (AvgIpc) is 2.04. The van der Waals surface area contributed by atoms with Crippen LogP contribution in [0.25, 0.3) is 0 Å². The summed E-state index contributed by atoms with van der Waals surface area (Å²) in [6.45, 7) is 5.52. The number of carbonyl (C=O) groups is 1. The van der Waals surface area contributed by atoms with Gasteiger partial charge in [0.15, 0.2) is 0 Å². The standard InChI is InChI=1S/C9H16N2O/c1-3-9(12)10-8-5-4-6-11(2)7-8/h3,8H,1,4-7H2,2H3,(H,10,12)/t8-/m0/s1. The largest absolute Gasteiger partial charge is 0.349 e. The fourth-order valence-corrected chi connectivity index (χ4v) is 1.54. The van der Waals surface area contributed by atoms with Crippen molar-refractivity contribution in [1.82, 2.24) is 10.2 Å². The van der Waals surface area contributed by atoms with Crippen molar-refractivity contribution in [3.63, 3.8) is 0 Å². The van der Waals surface area contributed by atoms with Crippen molar-refractivity contribution in [2.24, 2.45) is 0 Å². The monoisotopic (exact) mass is 168 g/mol. The van der Waals surface area contributed by atoms with E-state index in [1.54, 1.807) is 0 Å². The zero-order valence-corrected chi connectivity index (χ0v) is 7.55. The molecule has 3 heteroatoms. The molecule has 68 valence electrons. The van der Waals surface area contributed by atoms with Crippen molar-refractivity contribution in [2.75, 3.05) is 20.1 Å². The van der Waals surface area contributed by atoms with Crippen LogP contribution in [0.2, 0.25) is 0 Å². The maximum atomic E-state index is 10.9. The van der Waals surface area contributed by atoms with Gasteiger partial charge in [0.25, 0.3) is 0 Å². The molecule has 1 rings (SSSR count). The molecule has 1 fully saturated rings. The van der Waals surface area contributed by atoms with Crippen molar-refractivity contribution in [2.45, 2.75) is 18.9 Å². The molecular weight excluding hydrogens is 152 g/mol. The van der Waals surface area contributed by atoms with E-state index < -0.39 is 0 Å². The molecule has 1 aliphatic rings. The summed E-state index contributed by atoms with van der Waals surface area (Å²) in [5, 5.41) is 2.90. The van der Waals surface area contributed by atoms with E-state index in [9.17, 15) is 4.79 Å². The molecule has 1 heterocycles. The molecule has 0 spiro atoms. The van der Waals surface area contributed by atoms with Crippen LogP contribution in [0, 0.1) is 0 Å². The van der Waals surface area contributed by atoms with Crippen LogP contribution < -0.4 is 5.32 Å². The van der Waals surface area contributed by atoms with Crippen molar-refractivity contribution >= 4 is 5.91 Å². The van der Waals surface area contributed by atoms with E-state index in [0.29, 0.717) is 6.04 Å². The van der Waals surface area contributed by atoms with Gasteiger partial charge in [-0.15, -0.1) is 0 Å². The maximum absolute atomic E-state index is 10.9. The van der Waals surface area contributed by atoms with Gasteiger partial charge >= 0.3 is 0 Å². The molecule has 0 radical (unpaired) electrons. The molecule has 1 saturated heterocycles. The molecule has 12 heavy (non-hydrogen) atoms. The first-order valence-electron chi connectivity index (χ1n) is 4.34. The summed E-state index contributed by atoms with van der Waals surface area (Å²) in [5.41, 5.74) is 0. The van der Waals surface area contributed by atoms with Gasteiger partial charge in [0.05, 0.1) is 0 Å². The Morgan fingerprint density at radius 2 is 2.50 bits per heavy atom. The van der Waals surface area contributed by atoms with Gasteiger partial charge in [-0.3, -0.25) is 4.79 Å². The summed E-state index contributed by atoms with van der Waals surface area (Å²) in [4.78, 5) is 13.2. The minimum Gasteiger partial charge on any atom is -0.349 e. The lowest BCUT2D eigenvalue weighted by molar-refractivity contribution is -0.117. The van der Waals surface area contributed by atoms with Crippen LogP contribution in [0.15, 0.2) is 12.7 Å². The summed E-state index contributed by atoms with van der Waals surface area (Å²) in [6, 6.07) is 0.314. The van der Waals surface area contributed by atoms with Gasteiger partial charge in [-0.1, -0.05) is 6.58 Å². The highest BCUT2D eigenvalue weighted by Gasteiger charge is 2.17. The van der Waals surface area contributed by atoms with Crippen LogP contribution in [-0.2, 0) is 4.79 Å². The third-order valence-corrected chi connectivity index (χ3v) is 2.16. The smallest absolute Gasteiger partial charge is 0.243 e. The van der Waals surface area contributed by atoms with E-state index in [-0.39, 0.29) is 5.91 Å². The number of nitrogens with one attached hydrogen (secondary N) is 1. The number of piperidine rings is 1. The average molecular weight is 168 g/mol. The van der Waals surface area contributed by atoms with Crippen molar-refractivity contribution in [3.05, 3.63) is 12.7 Å². The van der Waals surface area contributed by atoms with Gasteiger partial charge in [-0.2, -0.15) is 0 Å². The van der Waals surface area contributed by atoms with Gasteiger partial charge in [-0.05, 0) is 32.5 Å². The summed E-state index contributed by atoms with van der Waals surface area (Å²) in [6.07, 6.45) is 3.58. The fraction of sp³-hybridized carbons (Fsp3) is 0.667. The third kappa shape index (κ3) is 2.66. The molecule has 1 N–H and O–H groups in total. The van der Waals surface area contributed by atoms with Crippen LogP contribution in [0.5, 0.6) is 0 Å². The summed E-state index contributed by atoms with van der Waals surface area (Å²) in [7, 11) is 2.08. The summed E-state index contributed by atoms with van der Waals surface area (Å²) >= 11 is 0. The van der Waals surface area contributed by atoms with Crippen molar-refractivity contribution in [1.29, 1.82) is 0 Å². The van der Waals surface area contributed by atoms with E-state index in [1.165, 1.54) is 12.5 Å². The fourth-order valence-electron chi connectivity index (χ4n) is 1.54. The predicted molar refractivity (Wildman–Crippen MR) is 48.9 cm³/mol. The Labute approximate surface area is 73.4 Å². The number of likely N-dealkylation sites (N-methyl/N-ethyl adjacent to an activating group) is 1. The van der Waals surface area contributed by atoms with Crippen LogP contribution >= 0.6 is 0 Å². The van der Waals surface area contributed by atoms with Crippen molar-refractivity contribution < 1.29 is 4.79 Å². The molecule has 1 atom stereocenters. The SMILES string of the molecule is C=CC(=O)N[C@H]1CCCN(C)C1. The van der Waals surface area contributed by atoms with Gasteiger partial charge in [0, 0.05) is 12.6 Å². The third-order valence-electron chi connectivity index (χ3n) is 2.16. The molecule has 1 aliphatic heterocycles. The number of amides is 1. The highest BCUT2D eigenvalue weighted by atomic mass is 16.1. The molecule has 0 aromatic heterocycles. The molecule has 0 bridgehead atoms. The molecule has 0 saturated carbocycles. The minimum atomic E-state index is -0.0599. The van der Waals surface area contributed by atoms with Gasteiger partial charge < -0.3 is 10.2 Å².